The molecule has 1 unspecified atom stereocenters. The Hall–Kier alpha value is -1.36. The molecule has 1 atom stereocenters. The molecule has 1 aromatic rings. The third-order valence-electron chi connectivity index (χ3n) is 3.06. The molecule has 1 aromatic heterocycles. The van der Waals surface area contributed by atoms with Crippen LogP contribution in [0, 0.1) is 20.8 Å². The van der Waals surface area contributed by atoms with Crippen molar-refractivity contribution in [3.05, 3.63) is 17.0 Å². The van der Waals surface area contributed by atoms with Gasteiger partial charge in [-0.25, -0.2) is 0 Å². The third-order valence-corrected chi connectivity index (χ3v) is 3.06. The molecule has 1 amide bonds. The highest BCUT2D eigenvalue weighted by Crippen LogP contribution is 2.11. The van der Waals surface area contributed by atoms with E-state index in [0.29, 0.717) is 13.0 Å². The van der Waals surface area contributed by atoms with E-state index in [4.69, 9.17) is 5.73 Å². The molecule has 3 N–H and O–H groups in total. The largest absolute Gasteiger partial charge is 0.368 e. The predicted molar refractivity (Wildman–Crippen MR) is 63.1 cm³/mol. The van der Waals surface area contributed by atoms with Crippen molar-refractivity contribution in [3.8, 4) is 0 Å². The van der Waals surface area contributed by atoms with Crippen LogP contribution in [0.25, 0.3) is 0 Å². The fourth-order valence-corrected chi connectivity index (χ4v) is 1.68. The Labute approximate surface area is 96.0 Å². The number of nitrogens with zero attached hydrogens (tertiary/aromatic N) is 2. The summed E-state index contributed by atoms with van der Waals surface area (Å²) in [5.41, 5.74) is 8.65. The second-order valence-corrected chi connectivity index (χ2v) is 4.05. The first kappa shape index (κ1) is 12.7. The number of nitrogens with two attached hydrogens (primary N) is 1. The summed E-state index contributed by atoms with van der Waals surface area (Å²) >= 11 is 0. The number of nitrogens with one attached hydrogen (secondary N) is 1. The minimum atomic E-state index is -0.319. The second-order valence-electron chi connectivity index (χ2n) is 4.05. The average Bonchev–Trinajstić information content (AvgIpc) is 2.47. The van der Waals surface area contributed by atoms with E-state index >= 15 is 0 Å². The van der Waals surface area contributed by atoms with Gasteiger partial charge in [0.05, 0.1) is 11.7 Å². The first-order chi connectivity index (χ1) is 7.47. The summed E-state index contributed by atoms with van der Waals surface area (Å²) in [5.74, 6) is -0.319. The van der Waals surface area contributed by atoms with Gasteiger partial charge >= 0.3 is 0 Å². The molecule has 0 fully saturated rings. The summed E-state index contributed by atoms with van der Waals surface area (Å²) in [6.45, 7) is 6.78. The Morgan fingerprint density at radius 2 is 2.12 bits per heavy atom. The van der Waals surface area contributed by atoms with E-state index in [2.05, 4.69) is 17.3 Å². The summed E-state index contributed by atoms with van der Waals surface area (Å²) in [4.78, 5) is 11.0. The molecule has 0 saturated carbocycles. The first-order valence-electron chi connectivity index (χ1n) is 5.44. The molecule has 0 aliphatic carbocycles. The lowest BCUT2D eigenvalue weighted by Gasteiger charge is -2.12. The highest BCUT2D eigenvalue weighted by Gasteiger charge is 2.14. The van der Waals surface area contributed by atoms with Crippen molar-refractivity contribution >= 4 is 5.91 Å². The van der Waals surface area contributed by atoms with E-state index in [1.54, 1.807) is 7.05 Å². The van der Waals surface area contributed by atoms with Crippen LogP contribution in [0.1, 0.15) is 23.4 Å². The number of aromatic nitrogens is 2. The lowest BCUT2D eigenvalue weighted by atomic mass is 10.2. The van der Waals surface area contributed by atoms with Crippen LogP contribution in [0.5, 0.6) is 0 Å². The molecule has 0 aromatic carbocycles. The topological polar surface area (TPSA) is 72.9 Å². The van der Waals surface area contributed by atoms with Gasteiger partial charge in [-0.15, -0.1) is 0 Å². The van der Waals surface area contributed by atoms with Crippen LogP contribution in [-0.2, 0) is 11.3 Å². The van der Waals surface area contributed by atoms with Gasteiger partial charge in [-0.2, -0.15) is 5.10 Å². The number of aryl methyl sites for hydroxylation is 2. The summed E-state index contributed by atoms with van der Waals surface area (Å²) in [5, 5.41) is 7.31. The Kier molecular flexibility index (Phi) is 4.06. The Balaban J connectivity index is 2.67. The third kappa shape index (κ3) is 2.61. The SMILES string of the molecule is CNC(CCn1nc(C)c(C)c1C)C(N)=O. The Morgan fingerprint density at radius 3 is 2.50 bits per heavy atom. The number of carbonyl (C=O) groups is 1. The van der Waals surface area contributed by atoms with Gasteiger partial charge in [-0.1, -0.05) is 0 Å². The minimum Gasteiger partial charge on any atom is -0.368 e. The highest BCUT2D eigenvalue weighted by molar-refractivity contribution is 5.79. The van der Waals surface area contributed by atoms with E-state index in [0.717, 1.165) is 11.4 Å². The number of likely N-dealkylation sites (N-methyl/N-ethyl adjacent to an activating group) is 1. The smallest absolute Gasteiger partial charge is 0.234 e. The van der Waals surface area contributed by atoms with Gasteiger partial charge in [0.1, 0.15) is 0 Å². The maximum atomic E-state index is 11.0. The molecule has 0 radical (unpaired) electrons. The number of hydrogen-bond acceptors (Lipinski definition) is 3. The van der Waals surface area contributed by atoms with Crippen LogP contribution < -0.4 is 11.1 Å². The molecule has 16 heavy (non-hydrogen) atoms. The van der Waals surface area contributed by atoms with Crippen molar-refractivity contribution < 1.29 is 4.79 Å². The zero-order valence-corrected chi connectivity index (χ0v) is 10.4. The summed E-state index contributed by atoms with van der Waals surface area (Å²) in [7, 11) is 1.74. The molecular weight excluding hydrogens is 204 g/mol. The predicted octanol–water partition coefficient (Wildman–Crippen LogP) is 0.272. The summed E-state index contributed by atoms with van der Waals surface area (Å²) in [6, 6.07) is -0.288. The van der Waals surface area contributed by atoms with E-state index in [9.17, 15) is 4.79 Å². The summed E-state index contributed by atoms with van der Waals surface area (Å²) < 4.78 is 1.93. The number of primary amides is 1. The normalized spacial score (nSPS) is 12.8. The summed E-state index contributed by atoms with van der Waals surface area (Å²) in [6.07, 6.45) is 0.660. The fourth-order valence-electron chi connectivity index (χ4n) is 1.68. The van der Waals surface area contributed by atoms with E-state index in [1.165, 1.54) is 5.56 Å². The standard InChI is InChI=1S/C11H20N4O/c1-7-8(2)14-15(9(7)3)6-5-10(13-4)11(12)16/h10,13H,5-6H2,1-4H3,(H2,12,16). The molecule has 5 heteroatoms. The number of hydrogen-bond donors (Lipinski definition) is 2. The average molecular weight is 224 g/mol. The molecule has 5 nitrogen and oxygen atoms in total. The number of amides is 1. The molecule has 0 aliphatic rings. The monoisotopic (exact) mass is 224 g/mol. The van der Waals surface area contributed by atoms with Crippen molar-refractivity contribution in [3.63, 3.8) is 0 Å². The highest BCUT2D eigenvalue weighted by atomic mass is 16.1. The Morgan fingerprint density at radius 1 is 1.50 bits per heavy atom. The van der Waals surface area contributed by atoms with Gasteiger partial charge in [0, 0.05) is 12.2 Å². The van der Waals surface area contributed by atoms with Gasteiger partial charge in [0.2, 0.25) is 5.91 Å². The number of carbonyl (C=O) groups excluding carboxylic acids is 1. The van der Waals surface area contributed by atoms with Gasteiger partial charge in [-0.05, 0) is 39.8 Å². The molecular formula is C11H20N4O. The van der Waals surface area contributed by atoms with Crippen molar-refractivity contribution in [2.75, 3.05) is 7.05 Å². The van der Waals surface area contributed by atoms with Gasteiger partial charge < -0.3 is 11.1 Å². The minimum absolute atomic E-state index is 0.288. The molecule has 1 rings (SSSR count). The Bertz CT molecular complexity index is 384. The van der Waals surface area contributed by atoms with Crippen molar-refractivity contribution in [1.82, 2.24) is 15.1 Å². The van der Waals surface area contributed by atoms with E-state index < -0.39 is 0 Å². The lowest BCUT2D eigenvalue weighted by Crippen LogP contribution is -2.39. The zero-order valence-electron chi connectivity index (χ0n) is 10.4. The molecule has 1 heterocycles. The van der Waals surface area contributed by atoms with Crippen molar-refractivity contribution in [1.29, 1.82) is 0 Å². The zero-order chi connectivity index (χ0) is 12.3. The molecule has 90 valence electrons. The lowest BCUT2D eigenvalue weighted by molar-refractivity contribution is -0.120. The first-order valence-corrected chi connectivity index (χ1v) is 5.44. The number of rotatable bonds is 5. The van der Waals surface area contributed by atoms with Crippen molar-refractivity contribution in [2.24, 2.45) is 5.73 Å². The van der Waals surface area contributed by atoms with E-state index in [1.807, 2.05) is 18.5 Å². The van der Waals surface area contributed by atoms with Gasteiger partial charge in [0.15, 0.2) is 0 Å². The van der Waals surface area contributed by atoms with Crippen LogP contribution >= 0.6 is 0 Å². The second kappa shape index (κ2) is 5.12. The van der Waals surface area contributed by atoms with Crippen LogP contribution in [0.3, 0.4) is 0 Å². The van der Waals surface area contributed by atoms with Crippen LogP contribution in [0.15, 0.2) is 0 Å². The quantitative estimate of drug-likeness (QED) is 0.754. The van der Waals surface area contributed by atoms with Crippen LogP contribution in [-0.4, -0.2) is 28.8 Å². The van der Waals surface area contributed by atoms with Gasteiger partial charge in [0.25, 0.3) is 0 Å². The van der Waals surface area contributed by atoms with Crippen molar-refractivity contribution in [2.45, 2.75) is 39.8 Å². The molecule has 0 spiro atoms. The van der Waals surface area contributed by atoms with E-state index in [-0.39, 0.29) is 11.9 Å². The van der Waals surface area contributed by atoms with Gasteiger partial charge in [-0.3, -0.25) is 9.48 Å². The fraction of sp³-hybridized carbons (Fsp3) is 0.636. The maximum absolute atomic E-state index is 11.0. The molecule has 0 bridgehead atoms. The molecule has 0 saturated heterocycles. The van der Waals surface area contributed by atoms with Crippen LogP contribution in [0.2, 0.25) is 0 Å². The molecule has 0 aliphatic heterocycles. The van der Waals surface area contributed by atoms with Crippen LogP contribution in [0.4, 0.5) is 0 Å². The maximum Gasteiger partial charge on any atom is 0.234 e.